The lowest BCUT2D eigenvalue weighted by atomic mass is 9.49. The first kappa shape index (κ1) is 20.3. The van der Waals surface area contributed by atoms with Gasteiger partial charge in [-0.2, -0.15) is 0 Å². The van der Waals surface area contributed by atoms with E-state index in [1.165, 1.54) is 19.3 Å². The Morgan fingerprint density at radius 3 is 2.34 bits per heavy atom. The second-order valence-electron chi connectivity index (χ2n) is 8.90. The van der Waals surface area contributed by atoms with Crippen molar-refractivity contribution in [3.8, 4) is 0 Å². The number of carbonyl (C=O) groups excluding carboxylic acids is 2. The van der Waals surface area contributed by atoms with E-state index in [1.54, 1.807) is 25.3 Å². The van der Waals surface area contributed by atoms with Crippen LogP contribution in [0, 0.1) is 23.2 Å². The molecule has 7 heteroatoms. The Labute approximate surface area is 177 Å². The standard InChI is InChI=1S/C22H29N3O3S/c1-28-7-6-23-19(26)17-4-2-3-5-18(17)24-21(29)25-20(27)22-11-14-8-15(12-22)10-16(9-14)13-22/h2-5,14-16H,6-13H2,1H3,(H,23,26)(H2,24,25,27,29). The molecule has 0 spiro atoms. The van der Waals surface area contributed by atoms with Gasteiger partial charge in [0.25, 0.3) is 5.91 Å². The minimum atomic E-state index is -0.252. The summed E-state index contributed by atoms with van der Waals surface area (Å²) in [6, 6.07) is 7.15. The molecule has 4 aliphatic carbocycles. The number of thiocarbonyl (C=S) groups is 1. The lowest BCUT2D eigenvalue weighted by Crippen LogP contribution is -2.55. The summed E-state index contributed by atoms with van der Waals surface area (Å²) < 4.78 is 4.97. The Morgan fingerprint density at radius 1 is 1.10 bits per heavy atom. The average Bonchev–Trinajstić information content (AvgIpc) is 2.67. The Morgan fingerprint density at radius 2 is 1.72 bits per heavy atom. The highest BCUT2D eigenvalue weighted by Gasteiger charge is 2.54. The maximum absolute atomic E-state index is 13.2. The number of para-hydroxylation sites is 1. The first-order valence-corrected chi connectivity index (χ1v) is 10.9. The van der Waals surface area contributed by atoms with Crippen LogP contribution < -0.4 is 16.0 Å². The van der Waals surface area contributed by atoms with E-state index in [9.17, 15) is 9.59 Å². The quantitative estimate of drug-likeness (QED) is 0.492. The number of ether oxygens (including phenoxy) is 1. The number of amides is 2. The molecule has 0 atom stereocenters. The number of carbonyl (C=O) groups is 2. The molecule has 0 unspecified atom stereocenters. The van der Waals surface area contributed by atoms with E-state index in [1.807, 2.05) is 6.07 Å². The highest BCUT2D eigenvalue weighted by Crippen LogP contribution is 2.60. The number of hydrogen-bond donors (Lipinski definition) is 3. The molecule has 3 N–H and O–H groups in total. The fourth-order valence-electron chi connectivity index (χ4n) is 5.93. The topological polar surface area (TPSA) is 79.5 Å². The number of hydrogen-bond acceptors (Lipinski definition) is 4. The van der Waals surface area contributed by atoms with Gasteiger partial charge in [0.15, 0.2) is 5.11 Å². The second kappa shape index (κ2) is 8.40. The first-order valence-electron chi connectivity index (χ1n) is 10.5. The molecule has 2 amide bonds. The zero-order chi connectivity index (χ0) is 20.4. The van der Waals surface area contributed by atoms with E-state index in [-0.39, 0.29) is 22.3 Å². The normalized spacial score (nSPS) is 29.3. The van der Waals surface area contributed by atoms with E-state index in [0.29, 0.717) is 42.2 Å². The van der Waals surface area contributed by atoms with Crippen LogP contribution in [0.4, 0.5) is 5.69 Å². The Bertz CT molecular complexity index is 775. The van der Waals surface area contributed by atoms with Crippen molar-refractivity contribution in [3.63, 3.8) is 0 Å². The zero-order valence-corrected chi connectivity index (χ0v) is 17.6. The van der Waals surface area contributed by atoms with Gasteiger partial charge < -0.3 is 20.7 Å². The van der Waals surface area contributed by atoms with Crippen molar-refractivity contribution in [2.45, 2.75) is 38.5 Å². The average molecular weight is 416 g/mol. The molecule has 0 aliphatic heterocycles. The Balaban J connectivity index is 1.39. The molecule has 4 fully saturated rings. The summed E-state index contributed by atoms with van der Waals surface area (Å²) in [7, 11) is 1.59. The van der Waals surface area contributed by atoms with Crippen molar-refractivity contribution in [1.82, 2.24) is 10.6 Å². The van der Waals surface area contributed by atoms with E-state index in [0.717, 1.165) is 19.3 Å². The highest BCUT2D eigenvalue weighted by atomic mass is 32.1. The Hall–Kier alpha value is -1.99. The fraction of sp³-hybridized carbons (Fsp3) is 0.591. The molecule has 0 heterocycles. The third-order valence-corrected chi connectivity index (χ3v) is 6.96. The summed E-state index contributed by atoms with van der Waals surface area (Å²) in [6.07, 6.45) is 6.85. The van der Waals surface area contributed by atoms with Gasteiger partial charge in [0.1, 0.15) is 0 Å². The maximum atomic E-state index is 13.2. The fourth-order valence-corrected chi connectivity index (χ4v) is 6.13. The summed E-state index contributed by atoms with van der Waals surface area (Å²) >= 11 is 5.42. The number of benzene rings is 1. The van der Waals surface area contributed by atoms with Crippen LogP contribution >= 0.6 is 12.2 Å². The number of rotatable bonds is 6. The van der Waals surface area contributed by atoms with Gasteiger partial charge in [-0.05, 0) is 80.6 Å². The van der Waals surface area contributed by atoms with Gasteiger partial charge in [-0.15, -0.1) is 0 Å². The molecule has 6 nitrogen and oxygen atoms in total. The van der Waals surface area contributed by atoms with Crippen molar-refractivity contribution in [3.05, 3.63) is 29.8 Å². The molecule has 5 rings (SSSR count). The van der Waals surface area contributed by atoms with Crippen LogP contribution in [0.25, 0.3) is 0 Å². The van der Waals surface area contributed by atoms with Crippen molar-refractivity contribution in [2.75, 3.05) is 25.6 Å². The molecule has 1 aromatic rings. The smallest absolute Gasteiger partial charge is 0.253 e. The van der Waals surface area contributed by atoms with Crippen molar-refractivity contribution >= 4 is 34.8 Å². The molecule has 156 valence electrons. The first-order chi connectivity index (χ1) is 14.0. The van der Waals surface area contributed by atoms with Crippen LogP contribution in [-0.2, 0) is 9.53 Å². The van der Waals surface area contributed by atoms with Gasteiger partial charge in [0, 0.05) is 13.7 Å². The third kappa shape index (κ3) is 4.31. The van der Waals surface area contributed by atoms with E-state index in [4.69, 9.17) is 17.0 Å². The lowest BCUT2D eigenvalue weighted by molar-refractivity contribution is -0.144. The van der Waals surface area contributed by atoms with Gasteiger partial charge in [-0.1, -0.05) is 12.1 Å². The van der Waals surface area contributed by atoms with Crippen molar-refractivity contribution in [1.29, 1.82) is 0 Å². The summed E-state index contributed by atoms with van der Waals surface area (Å²) in [6.45, 7) is 0.873. The second-order valence-corrected chi connectivity index (χ2v) is 9.31. The summed E-state index contributed by atoms with van der Waals surface area (Å²) in [5.41, 5.74) is 0.811. The lowest BCUT2D eigenvalue weighted by Gasteiger charge is -2.55. The summed E-state index contributed by atoms with van der Waals surface area (Å²) in [5.74, 6) is 1.94. The molecule has 4 bridgehead atoms. The molecule has 4 saturated carbocycles. The summed E-state index contributed by atoms with van der Waals surface area (Å²) in [4.78, 5) is 25.6. The van der Waals surface area contributed by atoms with Crippen molar-refractivity contribution < 1.29 is 14.3 Å². The monoisotopic (exact) mass is 415 g/mol. The minimum Gasteiger partial charge on any atom is -0.383 e. The molecule has 1 aromatic carbocycles. The molecule has 29 heavy (non-hydrogen) atoms. The molecule has 4 aliphatic rings. The third-order valence-electron chi connectivity index (χ3n) is 6.76. The highest BCUT2D eigenvalue weighted by molar-refractivity contribution is 7.80. The van der Waals surface area contributed by atoms with Crippen LogP contribution in [-0.4, -0.2) is 37.2 Å². The van der Waals surface area contributed by atoms with Crippen LogP contribution in [0.1, 0.15) is 48.9 Å². The van der Waals surface area contributed by atoms with Gasteiger partial charge in [-0.3, -0.25) is 9.59 Å². The van der Waals surface area contributed by atoms with Crippen LogP contribution in [0.2, 0.25) is 0 Å². The largest absolute Gasteiger partial charge is 0.383 e. The number of anilines is 1. The van der Waals surface area contributed by atoms with Crippen LogP contribution in [0.3, 0.4) is 0 Å². The molecule has 0 aromatic heterocycles. The predicted molar refractivity (Wildman–Crippen MR) is 116 cm³/mol. The number of nitrogens with one attached hydrogen (secondary N) is 3. The van der Waals surface area contributed by atoms with Gasteiger partial charge >= 0.3 is 0 Å². The van der Waals surface area contributed by atoms with Crippen molar-refractivity contribution in [2.24, 2.45) is 23.2 Å². The zero-order valence-electron chi connectivity index (χ0n) is 16.8. The molecule has 0 radical (unpaired) electrons. The summed E-state index contributed by atoms with van der Waals surface area (Å²) in [5, 5.41) is 9.05. The molecule has 0 saturated heterocycles. The molecular formula is C22H29N3O3S. The Kier molecular flexibility index (Phi) is 5.88. The van der Waals surface area contributed by atoms with Gasteiger partial charge in [-0.25, -0.2) is 0 Å². The van der Waals surface area contributed by atoms with E-state index < -0.39 is 0 Å². The number of methoxy groups -OCH3 is 1. The maximum Gasteiger partial charge on any atom is 0.253 e. The van der Waals surface area contributed by atoms with Gasteiger partial charge in [0.2, 0.25) is 5.91 Å². The van der Waals surface area contributed by atoms with E-state index in [2.05, 4.69) is 16.0 Å². The SMILES string of the molecule is COCCNC(=O)c1ccccc1NC(=S)NC(=O)C12CC3CC(CC(C3)C1)C2. The predicted octanol–water partition coefficient (Wildman–Crippen LogP) is 3.09. The van der Waals surface area contributed by atoms with Crippen LogP contribution in [0.5, 0.6) is 0 Å². The van der Waals surface area contributed by atoms with Gasteiger partial charge in [0.05, 0.1) is 23.3 Å². The van der Waals surface area contributed by atoms with Crippen LogP contribution in [0.15, 0.2) is 24.3 Å². The van der Waals surface area contributed by atoms with E-state index >= 15 is 0 Å². The minimum absolute atomic E-state index is 0.0520. The molecular weight excluding hydrogens is 386 g/mol.